The van der Waals surface area contributed by atoms with Crippen LogP contribution in [0.25, 0.3) is 0 Å². The van der Waals surface area contributed by atoms with Crippen LogP contribution >= 0.6 is 0 Å². The highest BCUT2D eigenvalue weighted by atomic mass is 16.8. The summed E-state index contributed by atoms with van der Waals surface area (Å²) in [6.45, 7) is -5.73. The number of aliphatic hydroxyl groups excluding tert-OH is 29. The molecular formula is C76H127N5O55. The van der Waals surface area contributed by atoms with Gasteiger partial charge in [-0.2, -0.15) is 0 Å². The highest BCUT2D eigenvalue weighted by Crippen LogP contribution is 2.43. The second kappa shape index (κ2) is 48.8. The molecule has 11 saturated heterocycles. The molecular weight excluding hydrogens is 1860 g/mol. The van der Waals surface area contributed by atoms with Crippen LogP contribution in [0.4, 0.5) is 0 Å². The Kier molecular flexibility index (Phi) is 40.1. The van der Waals surface area contributed by atoms with E-state index in [1.165, 1.54) is 6.92 Å². The Hall–Kier alpha value is -4.65. The van der Waals surface area contributed by atoms with Crippen LogP contribution < -0.4 is 26.6 Å². The van der Waals surface area contributed by atoms with Crippen LogP contribution in [0.1, 0.15) is 41.5 Å². The van der Waals surface area contributed by atoms with Crippen molar-refractivity contribution in [3.8, 4) is 0 Å². The van der Waals surface area contributed by atoms with Gasteiger partial charge in [0, 0.05) is 34.6 Å². The van der Waals surface area contributed by atoms with Crippen molar-refractivity contribution < 1.29 is 272 Å². The molecule has 0 radical (unpaired) electrons. The predicted molar refractivity (Wildman–Crippen MR) is 419 cm³/mol. The quantitative estimate of drug-likeness (QED) is 0.0280. The van der Waals surface area contributed by atoms with E-state index in [0.717, 1.165) is 34.6 Å². The van der Waals surface area contributed by atoms with Gasteiger partial charge < -0.3 is 274 Å². The van der Waals surface area contributed by atoms with Crippen LogP contribution in [0.15, 0.2) is 0 Å². The van der Waals surface area contributed by atoms with Crippen LogP contribution in [-0.4, -0.2) is 581 Å². The van der Waals surface area contributed by atoms with Crippen molar-refractivity contribution >= 4 is 29.5 Å². The van der Waals surface area contributed by atoms with Crippen LogP contribution in [0.2, 0.25) is 0 Å². The molecule has 5 amide bonds. The highest BCUT2D eigenvalue weighted by Gasteiger charge is 2.63. The number of nitrogens with one attached hydrogen (secondary N) is 5. The summed E-state index contributed by atoms with van der Waals surface area (Å²) < 4.78 is 127. The molecule has 0 spiro atoms. The first kappa shape index (κ1) is 112. The number of hydrogen-bond donors (Lipinski definition) is 34. The molecule has 60 nitrogen and oxygen atoms in total. The normalized spacial score (nSPS) is 49.2. The summed E-state index contributed by atoms with van der Waals surface area (Å²) in [5.74, 6) is -4.70. The summed E-state index contributed by atoms with van der Waals surface area (Å²) in [7, 11) is 0. The van der Waals surface area contributed by atoms with Crippen molar-refractivity contribution in [1.82, 2.24) is 26.6 Å². The van der Waals surface area contributed by atoms with Gasteiger partial charge >= 0.3 is 0 Å². The molecule has 0 saturated carbocycles. The average molecular weight is 1990 g/mol. The number of amides is 5. The number of ether oxygens (including phenoxy) is 21. The molecule has 0 aliphatic carbocycles. The van der Waals surface area contributed by atoms with Gasteiger partial charge in [-0.25, -0.2) is 0 Å². The van der Waals surface area contributed by atoms with E-state index in [2.05, 4.69) is 26.6 Å². The SMILES string of the molecule is CC(=O)N[C@@H]1[C@@H](O)[C@H](O[C@@H]2O[C@H](CO)[C@@H](O[C@@H]3O[C@H](CO[C@H]4O[C@H](CO)[C@@H](O)[C@H](O)[C@@H]4O[C@@H]4O[C@H](CO)[C@@H](O[C@@H]5O[C@H](CO)[C@H](O)[C@H](O[C@H]6O[C@H](CO)[C@H](O)[C@H](O)[C@H]6NC(C)=O)[C@H]5O[C@@H]5O[C@@H](C)[C@@H](O)[C@@H](O)[C@@H]5O)[C@H](O)[C@H]4NC(C)=O)[C@@H](O)[C@H](O[C@H]4O[C@H](CO)[C@@H](O)[C@H](O)[C@@H]4O[C@@H]4O[C@H](CO)[C@@H](O[C@@H]5O[C@H](CO)[C@H](O)[C@H](O)[C@H]5O)[C@H](O)[C@H]4NC(C)=O)[C@@H]3O)[C@H](O)[C@H]2NC(C)=O)[C@@H](CO)O[C@H]1O. The molecule has 0 unspecified atom stereocenters. The molecule has 11 aliphatic heterocycles. The van der Waals surface area contributed by atoms with Gasteiger partial charge in [0.25, 0.3) is 0 Å². The van der Waals surface area contributed by atoms with Gasteiger partial charge in [-0.05, 0) is 6.92 Å². The molecule has 34 N–H and O–H groups in total. The number of hydrogen-bond acceptors (Lipinski definition) is 55. The maximum absolute atomic E-state index is 13.4. The summed E-state index contributed by atoms with van der Waals surface area (Å²) in [5, 5.41) is 339. The van der Waals surface area contributed by atoms with Crippen LogP contribution in [0.3, 0.4) is 0 Å². The molecule has 136 heavy (non-hydrogen) atoms. The first-order valence-corrected chi connectivity index (χ1v) is 43.5. The standard InChI is InChI=1S/C76H127N5O55/c1-17-38(96)50(108)54(112)71(117-17)136-65-62(133-67-34(78-19(3)92)45(103)39(97)23(7-82)119-67)43(101)27(11-86)123-76(65)131-60-31(15-90)126-69(37(49(60)107)81-22(6)95)134-63-52(110)41(99)25(9-84)121-74(63)116-16-32-44(102)61(56(114)73(127-32)130-59-30(14-89)124-68(35(47(59)105)79-20(4)93)128-57-28(12-87)118-66(115)33(46(57)104)77-18(2)91)132-75-64(53(111)42(100)26(10-85)122-75)135-70-36(80-21(5)94)48(106)58(29(13-88)125-70)129-72-55(113)51(109)40(98)24(8-83)120-72/h17,23-76,82-90,96-115H,7-16H2,1-6H3,(H,77,91)(H,78,92)(H,79,93)(H,80,94)(H,81,95)/t17-,23+,24+,25+,26+,27+,28+,29+,30+,31+,32+,33+,34+,35+,36+,37+,38+,39-,40-,41+,42+,43-,44+,45+,46+,47+,48+,49+,50+,51-,52-,53-,54-,55+,56-,57+,58+,59+,60+,61-,62-,63-,64-,65+,66+,67+,68-,69-,70-,71-,72-,73-,74-,75+,76-/m0/s1. The summed E-state index contributed by atoms with van der Waals surface area (Å²) in [6, 6.07) is -9.58. The number of aliphatic hydroxyl groups is 29. The minimum atomic E-state index is -2.65. The molecule has 0 aromatic heterocycles. The Morgan fingerprint density at radius 3 is 0.868 bits per heavy atom. The molecule has 786 valence electrons. The number of carbonyl (C=O) groups excluding carboxylic acids is 5. The van der Waals surface area contributed by atoms with E-state index in [1.54, 1.807) is 0 Å². The van der Waals surface area contributed by atoms with Gasteiger partial charge in [0.05, 0.1) is 72.2 Å². The van der Waals surface area contributed by atoms with Crippen molar-refractivity contribution in [2.24, 2.45) is 0 Å². The lowest BCUT2D eigenvalue weighted by Gasteiger charge is -2.51. The predicted octanol–water partition coefficient (Wildman–Crippen LogP) is -23.2. The summed E-state index contributed by atoms with van der Waals surface area (Å²) >= 11 is 0. The van der Waals surface area contributed by atoms with Crippen molar-refractivity contribution in [2.45, 2.75) is 379 Å². The van der Waals surface area contributed by atoms with Gasteiger partial charge in [0.2, 0.25) is 29.5 Å². The van der Waals surface area contributed by atoms with E-state index in [1.807, 2.05) is 0 Å². The Bertz CT molecular complexity index is 3760. The van der Waals surface area contributed by atoms with E-state index in [4.69, 9.17) is 99.5 Å². The lowest BCUT2D eigenvalue weighted by Crippen LogP contribution is -2.71. The van der Waals surface area contributed by atoms with Gasteiger partial charge in [0.1, 0.15) is 262 Å². The summed E-state index contributed by atoms with van der Waals surface area (Å²) in [4.78, 5) is 64.5. The Balaban J connectivity index is 0.924. The zero-order valence-electron chi connectivity index (χ0n) is 73.4. The fourth-order valence-electron chi connectivity index (χ4n) is 17.7. The van der Waals surface area contributed by atoms with E-state index >= 15 is 0 Å². The summed E-state index contributed by atoms with van der Waals surface area (Å²) in [5.41, 5.74) is 0. The largest absolute Gasteiger partial charge is 0.394 e. The first-order chi connectivity index (χ1) is 64.3. The van der Waals surface area contributed by atoms with Crippen molar-refractivity contribution in [3.05, 3.63) is 0 Å². The lowest BCUT2D eigenvalue weighted by molar-refractivity contribution is -0.404. The lowest BCUT2D eigenvalue weighted by atomic mass is 9.93. The van der Waals surface area contributed by atoms with Crippen molar-refractivity contribution in [3.63, 3.8) is 0 Å². The Morgan fingerprint density at radius 1 is 0.206 bits per heavy atom. The minimum absolute atomic E-state index is 0.814. The smallest absolute Gasteiger partial charge is 0.217 e. The third-order valence-electron chi connectivity index (χ3n) is 25.0. The Labute approximate surface area is 770 Å². The zero-order valence-corrected chi connectivity index (χ0v) is 73.4. The van der Waals surface area contributed by atoms with E-state index < -0.39 is 433 Å². The van der Waals surface area contributed by atoms with E-state index in [9.17, 15) is 172 Å². The molecule has 0 bridgehead atoms. The van der Waals surface area contributed by atoms with Gasteiger partial charge in [-0.1, -0.05) is 0 Å². The fourth-order valence-corrected chi connectivity index (χ4v) is 17.7. The number of carbonyl (C=O) groups is 5. The maximum atomic E-state index is 13.4. The minimum Gasteiger partial charge on any atom is -0.394 e. The molecule has 0 aromatic rings. The second-order valence-corrected chi connectivity index (χ2v) is 34.5. The highest BCUT2D eigenvalue weighted by molar-refractivity contribution is 5.75. The monoisotopic (exact) mass is 1990 g/mol. The maximum Gasteiger partial charge on any atom is 0.217 e. The number of rotatable bonds is 35. The topological polar surface area (TPSA) is 926 Å². The fraction of sp³-hybridized carbons (Fsp3) is 0.934. The van der Waals surface area contributed by atoms with Crippen LogP contribution in [0.5, 0.6) is 0 Å². The van der Waals surface area contributed by atoms with Gasteiger partial charge in [-0.3, -0.25) is 24.0 Å². The van der Waals surface area contributed by atoms with Crippen LogP contribution in [-0.2, 0) is 123 Å². The average Bonchev–Trinajstić information content (AvgIpc) is 0.758. The molecule has 11 heterocycles. The summed E-state index contributed by atoms with van der Waals surface area (Å²) in [6.07, 6.45) is -107. The van der Waals surface area contributed by atoms with Crippen molar-refractivity contribution in [2.75, 3.05) is 66.1 Å². The zero-order chi connectivity index (χ0) is 100. The second-order valence-electron chi connectivity index (χ2n) is 34.5. The molecule has 11 rings (SSSR count). The molecule has 60 heteroatoms. The van der Waals surface area contributed by atoms with E-state index in [-0.39, 0.29) is 0 Å². The van der Waals surface area contributed by atoms with Crippen molar-refractivity contribution in [1.29, 1.82) is 0 Å². The molecule has 11 aliphatic rings. The molecule has 11 fully saturated rings. The van der Waals surface area contributed by atoms with Gasteiger partial charge in [-0.15, -0.1) is 0 Å². The van der Waals surface area contributed by atoms with E-state index in [0.29, 0.717) is 0 Å². The van der Waals surface area contributed by atoms with Gasteiger partial charge in [0.15, 0.2) is 69.2 Å². The molecule has 0 aromatic carbocycles. The molecule has 55 atom stereocenters. The van der Waals surface area contributed by atoms with Crippen LogP contribution in [0, 0.1) is 0 Å². The Morgan fingerprint density at radius 2 is 0.456 bits per heavy atom. The third kappa shape index (κ3) is 24.6. The third-order valence-corrected chi connectivity index (χ3v) is 25.0. The first-order valence-electron chi connectivity index (χ1n) is 43.5.